The zero-order valence-electron chi connectivity index (χ0n) is 12.9. The highest BCUT2D eigenvalue weighted by Crippen LogP contribution is 2.21. The smallest absolute Gasteiger partial charge is 0.120 e. The van der Waals surface area contributed by atoms with Gasteiger partial charge in [-0.3, -0.25) is 4.90 Å². The molecule has 0 spiro atoms. The highest BCUT2D eigenvalue weighted by atomic mass is 16.5. The predicted molar refractivity (Wildman–Crippen MR) is 84.0 cm³/mol. The lowest BCUT2D eigenvalue weighted by atomic mass is 10.1. The average Bonchev–Trinajstić information content (AvgIpc) is 2.42. The van der Waals surface area contributed by atoms with Crippen molar-refractivity contribution in [3.63, 3.8) is 0 Å². The van der Waals surface area contributed by atoms with Gasteiger partial charge in [-0.05, 0) is 17.5 Å². The van der Waals surface area contributed by atoms with Gasteiger partial charge in [-0.15, -0.1) is 0 Å². The van der Waals surface area contributed by atoms with E-state index in [9.17, 15) is 0 Å². The van der Waals surface area contributed by atoms with Crippen LogP contribution in [0.5, 0.6) is 5.75 Å². The summed E-state index contributed by atoms with van der Waals surface area (Å²) < 4.78 is 5.19. The van der Waals surface area contributed by atoms with E-state index in [1.54, 1.807) is 7.11 Å². The summed E-state index contributed by atoms with van der Waals surface area (Å²) in [4.78, 5) is 5.04. The summed E-state index contributed by atoms with van der Waals surface area (Å²) in [6.07, 6.45) is 0. The van der Waals surface area contributed by atoms with Crippen LogP contribution >= 0.6 is 0 Å². The maximum Gasteiger partial charge on any atom is 0.120 e. The van der Waals surface area contributed by atoms with E-state index in [0.29, 0.717) is 0 Å². The number of benzene rings is 1. The summed E-state index contributed by atoms with van der Waals surface area (Å²) in [5.41, 5.74) is 8.12. The molecule has 1 saturated heterocycles. The highest BCUT2D eigenvalue weighted by Gasteiger charge is 2.18. The third-order valence-corrected chi connectivity index (χ3v) is 3.84. The van der Waals surface area contributed by atoms with Crippen molar-refractivity contribution < 1.29 is 4.74 Å². The lowest BCUT2D eigenvalue weighted by Gasteiger charge is -2.35. The van der Waals surface area contributed by atoms with Gasteiger partial charge in [0.05, 0.1) is 7.11 Å². The van der Waals surface area contributed by atoms with E-state index < -0.39 is 0 Å². The van der Waals surface area contributed by atoms with Gasteiger partial charge in [0.2, 0.25) is 0 Å². The van der Waals surface area contributed by atoms with Crippen molar-refractivity contribution in [3.8, 4) is 5.75 Å². The van der Waals surface area contributed by atoms with Gasteiger partial charge in [-0.2, -0.15) is 0 Å². The quantitative estimate of drug-likeness (QED) is 0.837. The second kappa shape index (κ2) is 6.95. The maximum absolute atomic E-state index is 6.09. The Kier molecular flexibility index (Phi) is 5.26. The first-order chi connectivity index (χ1) is 9.58. The van der Waals surface area contributed by atoms with Crippen LogP contribution in [0.4, 0.5) is 5.69 Å². The van der Waals surface area contributed by atoms with Gasteiger partial charge in [0.15, 0.2) is 0 Å². The summed E-state index contributed by atoms with van der Waals surface area (Å²) >= 11 is 0. The van der Waals surface area contributed by atoms with Crippen molar-refractivity contribution in [1.29, 1.82) is 0 Å². The van der Waals surface area contributed by atoms with Crippen LogP contribution in [0.1, 0.15) is 19.4 Å². The highest BCUT2D eigenvalue weighted by molar-refractivity contribution is 5.51. The van der Waals surface area contributed by atoms with Gasteiger partial charge in [0.25, 0.3) is 0 Å². The fraction of sp³-hybridized carbons (Fsp3) is 0.625. The third-order valence-electron chi connectivity index (χ3n) is 3.84. The molecule has 4 nitrogen and oxygen atoms in total. The molecule has 0 aromatic heterocycles. The van der Waals surface area contributed by atoms with Crippen LogP contribution in [0.3, 0.4) is 0 Å². The second-order valence-corrected chi connectivity index (χ2v) is 6.04. The van der Waals surface area contributed by atoms with Crippen molar-refractivity contribution in [2.24, 2.45) is 5.92 Å². The number of methoxy groups -OCH3 is 1. The molecular weight excluding hydrogens is 250 g/mol. The molecule has 1 aliphatic rings. The number of nitrogens with zero attached hydrogens (tertiary/aromatic N) is 2. The molecule has 2 rings (SSSR count). The van der Waals surface area contributed by atoms with Gasteiger partial charge < -0.3 is 15.4 Å². The fourth-order valence-electron chi connectivity index (χ4n) is 2.73. The van der Waals surface area contributed by atoms with Crippen LogP contribution in [-0.2, 0) is 6.54 Å². The van der Waals surface area contributed by atoms with Crippen molar-refractivity contribution in [2.45, 2.75) is 20.4 Å². The normalized spacial score (nSPS) is 17.6. The molecule has 1 fully saturated rings. The Morgan fingerprint density at radius 2 is 1.80 bits per heavy atom. The molecule has 1 aliphatic heterocycles. The Morgan fingerprint density at radius 1 is 1.15 bits per heavy atom. The Bertz CT molecular complexity index is 426. The SMILES string of the molecule is COc1ccc(CN2CCN(CC(C)C)CC2)c(N)c1. The van der Waals surface area contributed by atoms with Crippen LogP contribution in [-0.4, -0.2) is 49.6 Å². The zero-order valence-corrected chi connectivity index (χ0v) is 12.9. The lowest BCUT2D eigenvalue weighted by molar-refractivity contribution is 0.117. The monoisotopic (exact) mass is 277 g/mol. The topological polar surface area (TPSA) is 41.7 Å². The van der Waals surface area contributed by atoms with Gasteiger partial charge in [-0.25, -0.2) is 0 Å². The summed E-state index contributed by atoms with van der Waals surface area (Å²) in [5.74, 6) is 1.58. The maximum atomic E-state index is 6.09. The number of piperazine rings is 1. The lowest BCUT2D eigenvalue weighted by Crippen LogP contribution is -2.46. The molecule has 0 aliphatic carbocycles. The fourth-order valence-corrected chi connectivity index (χ4v) is 2.73. The molecule has 2 N–H and O–H groups in total. The number of anilines is 1. The number of nitrogens with two attached hydrogens (primary N) is 1. The summed E-state index contributed by atoms with van der Waals surface area (Å²) in [6.45, 7) is 11.3. The van der Waals surface area contributed by atoms with Gasteiger partial charge in [0, 0.05) is 51.0 Å². The molecule has 4 heteroatoms. The van der Waals surface area contributed by atoms with Crippen LogP contribution in [0.25, 0.3) is 0 Å². The Labute approximate surface area is 122 Å². The first kappa shape index (κ1) is 15.1. The minimum atomic E-state index is 0.749. The largest absolute Gasteiger partial charge is 0.497 e. The molecule has 0 radical (unpaired) electrons. The van der Waals surface area contributed by atoms with Crippen LogP contribution in [0, 0.1) is 5.92 Å². The Balaban J connectivity index is 1.86. The van der Waals surface area contributed by atoms with Gasteiger partial charge in [0.1, 0.15) is 5.75 Å². The first-order valence-corrected chi connectivity index (χ1v) is 7.45. The first-order valence-electron chi connectivity index (χ1n) is 7.45. The van der Waals surface area contributed by atoms with E-state index in [2.05, 4.69) is 29.7 Å². The van der Waals surface area contributed by atoms with Crippen molar-refractivity contribution in [2.75, 3.05) is 45.6 Å². The Hall–Kier alpha value is -1.26. The molecule has 1 aromatic carbocycles. The molecule has 0 unspecified atom stereocenters. The van der Waals surface area contributed by atoms with E-state index >= 15 is 0 Å². The molecule has 0 atom stereocenters. The van der Waals surface area contributed by atoms with Gasteiger partial charge >= 0.3 is 0 Å². The van der Waals surface area contributed by atoms with Crippen LogP contribution in [0.15, 0.2) is 18.2 Å². The van der Waals surface area contributed by atoms with E-state index in [-0.39, 0.29) is 0 Å². The molecular formula is C16H27N3O. The molecule has 112 valence electrons. The standard InChI is InChI=1S/C16H27N3O/c1-13(2)11-18-6-8-19(9-7-18)12-14-4-5-15(20-3)10-16(14)17/h4-5,10,13H,6-9,11-12,17H2,1-3H3. The minimum absolute atomic E-state index is 0.749. The summed E-state index contributed by atoms with van der Waals surface area (Å²) in [6, 6.07) is 5.97. The number of hydrogen-bond donors (Lipinski definition) is 1. The minimum Gasteiger partial charge on any atom is -0.497 e. The number of ether oxygens (including phenoxy) is 1. The van der Waals surface area contributed by atoms with E-state index in [0.717, 1.165) is 50.1 Å². The molecule has 0 amide bonds. The zero-order chi connectivity index (χ0) is 14.5. The van der Waals surface area contributed by atoms with E-state index in [1.165, 1.54) is 12.1 Å². The van der Waals surface area contributed by atoms with Crippen molar-refractivity contribution >= 4 is 5.69 Å². The molecule has 1 aromatic rings. The van der Waals surface area contributed by atoms with Crippen LogP contribution in [0.2, 0.25) is 0 Å². The molecule has 1 heterocycles. The van der Waals surface area contributed by atoms with E-state index in [1.807, 2.05) is 12.1 Å². The molecule has 20 heavy (non-hydrogen) atoms. The van der Waals surface area contributed by atoms with Gasteiger partial charge in [-0.1, -0.05) is 19.9 Å². The molecule has 0 bridgehead atoms. The number of rotatable bonds is 5. The number of hydrogen-bond acceptors (Lipinski definition) is 4. The predicted octanol–water partition coefficient (Wildman–Crippen LogP) is 2.05. The number of nitrogen functional groups attached to an aromatic ring is 1. The van der Waals surface area contributed by atoms with E-state index in [4.69, 9.17) is 10.5 Å². The molecule has 0 saturated carbocycles. The third kappa shape index (κ3) is 4.12. The average molecular weight is 277 g/mol. The van der Waals surface area contributed by atoms with Crippen LogP contribution < -0.4 is 10.5 Å². The summed E-state index contributed by atoms with van der Waals surface area (Å²) in [7, 11) is 1.67. The summed E-state index contributed by atoms with van der Waals surface area (Å²) in [5, 5.41) is 0. The van der Waals surface area contributed by atoms with Crippen molar-refractivity contribution in [1.82, 2.24) is 9.80 Å². The Morgan fingerprint density at radius 3 is 2.35 bits per heavy atom. The van der Waals surface area contributed by atoms with Crippen molar-refractivity contribution in [3.05, 3.63) is 23.8 Å². The second-order valence-electron chi connectivity index (χ2n) is 6.04.